The molecule has 0 atom stereocenters. The highest BCUT2D eigenvalue weighted by atomic mass is 19.4. The summed E-state index contributed by atoms with van der Waals surface area (Å²) < 4.78 is 36.8. The molecule has 15 heavy (non-hydrogen) atoms. The summed E-state index contributed by atoms with van der Waals surface area (Å²) in [7, 11) is 0. The van der Waals surface area contributed by atoms with E-state index in [0.717, 1.165) is 12.1 Å². The first-order chi connectivity index (χ1) is 6.93. The molecule has 0 saturated carbocycles. The van der Waals surface area contributed by atoms with Gasteiger partial charge in [0.25, 0.3) is 0 Å². The van der Waals surface area contributed by atoms with E-state index in [-0.39, 0.29) is 12.0 Å². The van der Waals surface area contributed by atoms with E-state index in [1.807, 2.05) is 0 Å². The van der Waals surface area contributed by atoms with Crippen molar-refractivity contribution in [1.82, 2.24) is 0 Å². The molecule has 82 valence electrons. The summed E-state index contributed by atoms with van der Waals surface area (Å²) in [6.45, 7) is -0.657. The maximum Gasteiger partial charge on any atom is 0.416 e. The standard InChI is InChI=1S/C10H9F3O2/c11-10(12,13)8-3-1-2-7(4-8)5-9(15)6-14/h1-4,14H,5-6H2. The van der Waals surface area contributed by atoms with Gasteiger partial charge in [0.2, 0.25) is 0 Å². The predicted molar refractivity (Wildman–Crippen MR) is 47.2 cm³/mol. The van der Waals surface area contributed by atoms with Crippen molar-refractivity contribution in [3.05, 3.63) is 35.4 Å². The van der Waals surface area contributed by atoms with E-state index in [9.17, 15) is 18.0 Å². The van der Waals surface area contributed by atoms with Crippen molar-refractivity contribution in [3.8, 4) is 0 Å². The summed E-state index contributed by atoms with van der Waals surface area (Å²) in [5, 5.41) is 8.45. The highest BCUT2D eigenvalue weighted by Crippen LogP contribution is 2.29. The minimum Gasteiger partial charge on any atom is -0.389 e. The van der Waals surface area contributed by atoms with Crippen molar-refractivity contribution in [3.63, 3.8) is 0 Å². The Hall–Kier alpha value is -1.36. The number of halogens is 3. The molecule has 5 heteroatoms. The van der Waals surface area contributed by atoms with Gasteiger partial charge >= 0.3 is 6.18 Å². The van der Waals surface area contributed by atoms with Gasteiger partial charge in [-0.1, -0.05) is 18.2 Å². The maximum absolute atomic E-state index is 12.3. The number of benzene rings is 1. The fraction of sp³-hybridized carbons (Fsp3) is 0.300. The average Bonchev–Trinajstić information content (AvgIpc) is 2.17. The molecule has 2 nitrogen and oxygen atoms in total. The number of rotatable bonds is 3. The number of Topliss-reactive ketones (excluding diaryl/α,β-unsaturated/α-hetero) is 1. The van der Waals surface area contributed by atoms with Gasteiger partial charge in [0.05, 0.1) is 5.56 Å². The lowest BCUT2D eigenvalue weighted by Crippen LogP contribution is -2.09. The predicted octanol–water partition coefficient (Wildman–Crippen LogP) is 1.81. The van der Waals surface area contributed by atoms with Gasteiger partial charge in [0.1, 0.15) is 6.61 Å². The lowest BCUT2D eigenvalue weighted by Gasteiger charge is -2.07. The van der Waals surface area contributed by atoms with Crippen molar-refractivity contribution in [2.24, 2.45) is 0 Å². The van der Waals surface area contributed by atoms with Gasteiger partial charge in [0, 0.05) is 6.42 Å². The van der Waals surface area contributed by atoms with E-state index < -0.39 is 24.1 Å². The monoisotopic (exact) mass is 218 g/mol. The zero-order valence-corrected chi connectivity index (χ0v) is 7.71. The second kappa shape index (κ2) is 4.44. The Labute approximate surface area is 84.3 Å². The van der Waals surface area contributed by atoms with Crippen molar-refractivity contribution in [2.45, 2.75) is 12.6 Å². The number of carbonyl (C=O) groups excluding carboxylic acids is 1. The summed E-state index contributed by atoms with van der Waals surface area (Å²) in [4.78, 5) is 10.8. The smallest absolute Gasteiger partial charge is 0.389 e. The Kier molecular flexibility index (Phi) is 3.47. The second-order valence-corrected chi connectivity index (χ2v) is 3.07. The molecule has 0 bridgehead atoms. The van der Waals surface area contributed by atoms with Crippen molar-refractivity contribution in [2.75, 3.05) is 6.61 Å². The molecule has 0 spiro atoms. The van der Waals surface area contributed by atoms with Gasteiger partial charge < -0.3 is 5.11 Å². The van der Waals surface area contributed by atoms with E-state index in [0.29, 0.717) is 0 Å². The third kappa shape index (κ3) is 3.36. The van der Waals surface area contributed by atoms with Gasteiger partial charge in [-0.05, 0) is 11.6 Å². The topological polar surface area (TPSA) is 37.3 Å². The van der Waals surface area contributed by atoms with Crippen LogP contribution in [0.25, 0.3) is 0 Å². The molecule has 0 aliphatic heterocycles. The first-order valence-electron chi connectivity index (χ1n) is 4.22. The normalized spacial score (nSPS) is 11.5. The van der Waals surface area contributed by atoms with Crippen LogP contribution >= 0.6 is 0 Å². The van der Waals surface area contributed by atoms with E-state index >= 15 is 0 Å². The van der Waals surface area contributed by atoms with Crippen LogP contribution in [0.15, 0.2) is 24.3 Å². The number of ketones is 1. The molecule has 0 aromatic heterocycles. The Morgan fingerprint density at radius 2 is 2.00 bits per heavy atom. The molecule has 1 aromatic rings. The first kappa shape index (κ1) is 11.7. The Morgan fingerprint density at radius 1 is 1.33 bits per heavy atom. The Morgan fingerprint density at radius 3 is 2.53 bits per heavy atom. The number of alkyl halides is 3. The third-order valence-corrected chi connectivity index (χ3v) is 1.83. The fourth-order valence-electron chi connectivity index (χ4n) is 1.14. The third-order valence-electron chi connectivity index (χ3n) is 1.83. The molecule has 0 saturated heterocycles. The lowest BCUT2D eigenvalue weighted by atomic mass is 10.1. The van der Waals surface area contributed by atoms with Crippen LogP contribution in [-0.4, -0.2) is 17.5 Å². The lowest BCUT2D eigenvalue weighted by molar-refractivity contribution is -0.137. The van der Waals surface area contributed by atoms with Gasteiger partial charge in [0.15, 0.2) is 5.78 Å². The molecule has 0 aliphatic carbocycles. The number of carbonyl (C=O) groups is 1. The highest BCUT2D eigenvalue weighted by molar-refractivity contribution is 5.81. The molecule has 0 aliphatic rings. The molecule has 0 fully saturated rings. The molecule has 0 radical (unpaired) electrons. The molecular formula is C10H9F3O2. The summed E-state index contributed by atoms with van der Waals surface area (Å²) in [6, 6.07) is 4.51. The SMILES string of the molecule is O=C(CO)Cc1cccc(C(F)(F)F)c1. The quantitative estimate of drug-likeness (QED) is 0.840. The van der Waals surface area contributed by atoms with Crippen LogP contribution in [-0.2, 0) is 17.4 Å². The molecule has 1 N–H and O–H groups in total. The van der Waals surface area contributed by atoms with Crippen LogP contribution in [0.5, 0.6) is 0 Å². The average molecular weight is 218 g/mol. The van der Waals surface area contributed by atoms with Crippen LogP contribution in [0, 0.1) is 0 Å². The molecule has 0 heterocycles. The second-order valence-electron chi connectivity index (χ2n) is 3.07. The van der Waals surface area contributed by atoms with Crippen LogP contribution in [0.2, 0.25) is 0 Å². The largest absolute Gasteiger partial charge is 0.416 e. The van der Waals surface area contributed by atoms with E-state index in [1.165, 1.54) is 12.1 Å². The van der Waals surface area contributed by atoms with Crippen LogP contribution in [0.4, 0.5) is 13.2 Å². The summed E-state index contributed by atoms with van der Waals surface area (Å²) >= 11 is 0. The van der Waals surface area contributed by atoms with Gasteiger partial charge in [-0.2, -0.15) is 13.2 Å². The Bertz CT molecular complexity index is 358. The summed E-state index contributed by atoms with van der Waals surface area (Å²) in [5.74, 6) is -0.505. The number of aliphatic hydroxyl groups excluding tert-OH is 1. The minimum absolute atomic E-state index is 0.180. The zero-order chi connectivity index (χ0) is 11.5. The number of aliphatic hydroxyl groups is 1. The van der Waals surface area contributed by atoms with Gasteiger partial charge in [-0.3, -0.25) is 4.79 Å². The minimum atomic E-state index is -4.40. The summed E-state index contributed by atoms with van der Waals surface area (Å²) in [5.41, 5.74) is -0.533. The zero-order valence-electron chi connectivity index (χ0n) is 7.71. The molecule has 0 amide bonds. The van der Waals surface area contributed by atoms with E-state index in [4.69, 9.17) is 5.11 Å². The molecular weight excluding hydrogens is 209 g/mol. The van der Waals surface area contributed by atoms with E-state index in [1.54, 1.807) is 0 Å². The van der Waals surface area contributed by atoms with Crippen LogP contribution < -0.4 is 0 Å². The first-order valence-corrected chi connectivity index (χ1v) is 4.22. The highest BCUT2D eigenvalue weighted by Gasteiger charge is 2.30. The summed E-state index contributed by atoms with van der Waals surface area (Å²) in [6.07, 6.45) is -4.58. The van der Waals surface area contributed by atoms with Gasteiger partial charge in [-0.25, -0.2) is 0 Å². The molecule has 1 aromatic carbocycles. The van der Waals surface area contributed by atoms with Crippen LogP contribution in [0.1, 0.15) is 11.1 Å². The molecule has 1 rings (SSSR count). The number of hydrogen-bond donors (Lipinski definition) is 1. The van der Waals surface area contributed by atoms with E-state index in [2.05, 4.69) is 0 Å². The van der Waals surface area contributed by atoms with Crippen molar-refractivity contribution in [1.29, 1.82) is 0 Å². The molecule has 0 unspecified atom stereocenters. The van der Waals surface area contributed by atoms with Crippen LogP contribution in [0.3, 0.4) is 0 Å². The van der Waals surface area contributed by atoms with Crippen molar-refractivity contribution >= 4 is 5.78 Å². The maximum atomic E-state index is 12.3. The Balaban J connectivity index is 2.88. The van der Waals surface area contributed by atoms with Gasteiger partial charge in [-0.15, -0.1) is 0 Å². The number of hydrogen-bond acceptors (Lipinski definition) is 2. The fourth-order valence-corrected chi connectivity index (χ4v) is 1.14. The van der Waals surface area contributed by atoms with Crippen molar-refractivity contribution < 1.29 is 23.1 Å².